The maximum atomic E-state index is 13.2. The summed E-state index contributed by atoms with van der Waals surface area (Å²) in [5.41, 5.74) is 2.78. The van der Waals surface area contributed by atoms with Crippen LogP contribution in [-0.4, -0.2) is 15.7 Å². The van der Waals surface area contributed by atoms with E-state index < -0.39 is 5.91 Å². The van der Waals surface area contributed by atoms with Crippen molar-refractivity contribution in [2.45, 2.75) is 20.5 Å². The van der Waals surface area contributed by atoms with Gasteiger partial charge in [-0.15, -0.1) is 0 Å². The van der Waals surface area contributed by atoms with Crippen LogP contribution in [0.4, 0.5) is 4.39 Å². The lowest BCUT2D eigenvalue weighted by Gasteiger charge is -2.07. The Labute approximate surface area is 162 Å². The third-order valence-electron chi connectivity index (χ3n) is 4.04. The number of carbonyl (C=O) groups is 1. The van der Waals surface area contributed by atoms with E-state index in [0.29, 0.717) is 22.7 Å². The molecule has 0 spiro atoms. The van der Waals surface area contributed by atoms with E-state index in [2.05, 4.69) is 5.10 Å². The third-order valence-corrected chi connectivity index (χ3v) is 4.04. The van der Waals surface area contributed by atoms with Gasteiger partial charge in [-0.05, 0) is 61.4 Å². The minimum absolute atomic E-state index is 0.0142. The summed E-state index contributed by atoms with van der Waals surface area (Å²) in [6.07, 6.45) is 1.51. The highest BCUT2D eigenvalue weighted by molar-refractivity contribution is 6.03. The highest BCUT2D eigenvalue weighted by Crippen LogP contribution is 2.17. The molecule has 0 radical (unpaired) electrons. The standard InChI is InChI=1S/C22H18FN3O2/c1-15-10-16(2)26(25-15)22(27)19(13-24)11-17-6-8-21(9-7-17)28-14-18-4-3-5-20(23)12-18/h3-12H,14H2,1-2H3/b19-11+. The predicted molar refractivity (Wildman–Crippen MR) is 103 cm³/mol. The molecule has 0 bridgehead atoms. The first-order valence-electron chi connectivity index (χ1n) is 8.63. The Kier molecular flexibility index (Phi) is 5.66. The molecule has 0 amide bonds. The molecule has 0 saturated carbocycles. The van der Waals surface area contributed by atoms with Gasteiger partial charge in [0.1, 0.15) is 29.8 Å². The molecule has 0 aliphatic carbocycles. The number of benzene rings is 2. The summed E-state index contributed by atoms with van der Waals surface area (Å²) in [6, 6.07) is 16.9. The first-order valence-corrected chi connectivity index (χ1v) is 8.63. The Morgan fingerprint density at radius 1 is 1.21 bits per heavy atom. The summed E-state index contributed by atoms with van der Waals surface area (Å²) in [7, 11) is 0. The molecule has 3 aromatic rings. The Bertz CT molecular complexity index is 1080. The van der Waals surface area contributed by atoms with Gasteiger partial charge >= 0.3 is 0 Å². The monoisotopic (exact) mass is 375 g/mol. The number of nitrogens with zero attached hydrogens (tertiary/aromatic N) is 3. The largest absolute Gasteiger partial charge is 0.489 e. The molecule has 1 heterocycles. The summed E-state index contributed by atoms with van der Waals surface area (Å²) in [4.78, 5) is 12.5. The number of hydrogen-bond donors (Lipinski definition) is 0. The summed E-state index contributed by atoms with van der Waals surface area (Å²) in [5, 5.41) is 13.5. The van der Waals surface area contributed by atoms with E-state index in [-0.39, 0.29) is 18.0 Å². The average molecular weight is 375 g/mol. The fourth-order valence-corrected chi connectivity index (χ4v) is 2.71. The number of carbonyl (C=O) groups excluding carboxylic acids is 1. The summed E-state index contributed by atoms with van der Waals surface area (Å²) >= 11 is 0. The molecular formula is C22H18FN3O2. The molecule has 0 N–H and O–H groups in total. The van der Waals surface area contributed by atoms with Crippen LogP contribution < -0.4 is 4.74 Å². The molecule has 0 saturated heterocycles. The molecule has 0 aliphatic rings. The summed E-state index contributed by atoms with van der Waals surface area (Å²) < 4.78 is 20.1. The van der Waals surface area contributed by atoms with Gasteiger partial charge in [-0.2, -0.15) is 10.4 Å². The van der Waals surface area contributed by atoms with Crippen LogP contribution in [0.1, 0.15) is 27.3 Å². The summed E-state index contributed by atoms with van der Waals surface area (Å²) in [5.74, 6) is -0.179. The molecule has 2 aromatic carbocycles. The second kappa shape index (κ2) is 8.31. The van der Waals surface area contributed by atoms with Gasteiger partial charge in [0.05, 0.1) is 5.69 Å². The second-order valence-corrected chi connectivity index (χ2v) is 6.30. The van der Waals surface area contributed by atoms with Gasteiger partial charge in [-0.1, -0.05) is 24.3 Å². The Morgan fingerprint density at radius 3 is 2.57 bits per heavy atom. The maximum Gasteiger partial charge on any atom is 0.289 e. The van der Waals surface area contributed by atoms with Crippen molar-refractivity contribution in [2.24, 2.45) is 0 Å². The first-order chi connectivity index (χ1) is 13.5. The van der Waals surface area contributed by atoms with Crippen LogP contribution in [0.15, 0.2) is 60.2 Å². The fourth-order valence-electron chi connectivity index (χ4n) is 2.71. The highest BCUT2D eigenvalue weighted by Gasteiger charge is 2.15. The number of aryl methyl sites for hydroxylation is 2. The van der Waals surface area contributed by atoms with Crippen LogP contribution in [0.2, 0.25) is 0 Å². The van der Waals surface area contributed by atoms with Crippen molar-refractivity contribution in [3.63, 3.8) is 0 Å². The number of ether oxygens (including phenoxy) is 1. The van der Waals surface area contributed by atoms with E-state index in [4.69, 9.17) is 4.74 Å². The molecular weight excluding hydrogens is 357 g/mol. The predicted octanol–water partition coefficient (Wildman–Crippen LogP) is 4.47. The van der Waals surface area contributed by atoms with Crippen molar-refractivity contribution in [1.29, 1.82) is 5.26 Å². The van der Waals surface area contributed by atoms with Crippen LogP contribution in [0.5, 0.6) is 5.75 Å². The number of rotatable bonds is 5. The molecule has 0 fully saturated rings. The first kappa shape index (κ1) is 19.1. The number of aromatic nitrogens is 2. The smallest absolute Gasteiger partial charge is 0.289 e. The van der Waals surface area contributed by atoms with Gasteiger partial charge in [0, 0.05) is 5.69 Å². The number of hydrogen-bond acceptors (Lipinski definition) is 4. The normalized spacial score (nSPS) is 11.1. The minimum atomic E-state index is -0.473. The topological polar surface area (TPSA) is 67.9 Å². The molecule has 0 atom stereocenters. The third kappa shape index (κ3) is 4.51. The molecule has 5 nitrogen and oxygen atoms in total. The van der Waals surface area contributed by atoms with Crippen LogP contribution in [0, 0.1) is 31.0 Å². The van der Waals surface area contributed by atoms with Gasteiger partial charge in [-0.3, -0.25) is 4.79 Å². The lowest BCUT2D eigenvalue weighted by molar-refractivity contribution is 0.0943. The van der Waals surface area contributed by atoms with Crippen molar-refractivity contribution in [3.05, 3.63) is 88.5 Å². The van der Waals surface area contributed by atoms with Gasteiger partial charge < -0.3 is 4.74 Å². The zero-order valence-electron chi connectivity index (χ0n) is 15.5. The lowest BCUT2D eigenvalue weighted by Crippen LogP contribution is -2.15. The Morgan fingerprint density at radius 2 is 1.96 bits per heavy atom. The lowest BCUT2D eigenvalue weighted by atomic mass is 10.1. The van der Waals surface area contributed by atoms with Crippen molar-refractivity contribution < 1.29 is 13.9 Å². The molecule has 28 heavy (non-hydrogen) atoms. The van der Waals surface area contributed by atoms with Crippen molar-refractivity contribution >= 4 is 12.0 Å². The van der Waals surface area contributed by atoms with Crippen molar-refractivity contribution in [3.8, 4) is 11.8 Å². The molecule has 140 valence electrons. The highest BCUT2D eigenvalue weighted by atomic mass is 19.1. The molecule has 0 aliphatic heterocycles. The fraction of sp³-hybridized carbons (Fsp3) is 0.136. The molecule has 0 unspecified atom stereocenters. The minimum Gasteiger partial charge on any atom is -0.489 e. The average Bonchev–Trinajstić information content (AvgIpc) is 3.03. The van der Waals surface area contributed by atoms with E-state index in [0.717, 1.165) is 5.56 Å². The van der Waals surface area contributed by atoms with Crippen molar-refractivity contribution in [1.82, 2.24) is 9.78 Å². The Balaban J connectivity index is 1.72. The van der Waals surface area contributed by atoms with Gasteiger partial charge in [0.25, 0.3) is 5.91 Å². The van der Waals surface area contributed by atoms with Crippen molar-refractivity contribution in [2.75, 3.05) is 0 Å². The zero-order valence-corrected chi connectivity index (χ0v) is 15.5. The number of allylic oxidation sites excluding steroid dienone is 1. The van der Waals surface area contributed by atoms with Gasteiger partial charge in [0.15, 0.2) is 0 Å². The van der Waals surface area contributed by atoms with Crippen LogP contribution in [0.3, 0.4) is 0 Å². The molecule has 1 aromatic heterocycles. The quantitative estimate of drug-likeness (QED) is 0.488. The van der Waals surface area contributed by atoms with Gasteiger partial charge in [0.2, 0.25) is 0 Å². The number of nitriles is 1. The Hall–Kier alpha value is -3.72. The van der Waals surface area contributed by atoms with E-state index >= 15 is 0 Å². The van der Waals surface area contributed by atoms with E-state index in [9.17, 15) is 14.4 Å². The SMILES string of the molecule is Cc1cc(C)n(C(=O)/C(C#N)=C/c2ccc(OCc3cccc(F)c3)cc2)n1. The van der Waals surface area contributed by atoms with Crippen LogP contribution >= 0.6 is 0 Å². The molecule has 3 rings (SSSR count). The van der Waals surface area contributed by atoms with Gasteiger partial charge in [-0.25, -0.2) is 9.07 Å². The maximum absolute atomic E-state index is 13.2. The molecule has 6 heteroatoms. The van der Waals surface area contributed by atoms with Crippen LogP contribution in [0.25, 0.3) is 6.08 Å². The van der Waals surface area contributed by atoms with E-state index in [1.807, 2.05) is 6.07 Å². The number of halogens is 1. The van der Waals surface area contributed by atoms with E-state index in [1.54, 1.807) is 56.3 Å². The second-order valence-electron chi connectivity index (χ2n) is 6.30. The van der Waals surface area contributed by atoms with E-state index in [1.165, 1.54) is 22.9 Å². The zero-order chi connectivity index (χ0) is 20.1. The van der Waals surface area contributed by atoms with Crippen LogP contribution in [-0.2, 0) is 6.61 Å². The summed E-state index contributed by atoms with van der Waals surface area (Å²) in [6.45, 7) is 3.79.